The van der Waals surface area contributed by atoms with Gasteiger partial charge in [-0.1, -0.05) is 78.3 Å². The van der Waals surface area contributed by atoms with E-state index in [9.17, 15) is 4.79 Å². The van der Waals surface area contributed by atoms with Crippen LogP contribution in [0.15, 0.2) is 84.9 Å². The monoisotopic (exact) mass is 405 g/mol. The number of nitrogens with one attached hydrogen (secondary N) is 2. The average molecular weight is 406 g/mol. The molecule has 3 aromatic carbocycles. The van der Waals surface area contributed by atoms with Gasteiger partial charge in [0.05, 0.1) is 5.69 Å². The molecule has 4 rings (SSSR count). The van der Waals surface area contributed by atoms with E-state index in [1.165, 1.54) is 21.8 Å². The highest BCUT2D eigenvalue weighted by atomic mass is 35.5. The number of hydrogen-bond acceptors (Lipinski definition) is 3. The highest BCUT2D eigenvalue weighted by Crippen LogP contribution is 2.43. The van der Waals surface area contributed by atoms with Crippen LogP contribution >= 0.6 is 11.6 Å². The zero-order chi connectivity index (χ0) is 20.1. The van der Waals surface area contributed by atoms with E-state index in [0.717, 1.165) is 18.5 Å². The summed E-state index contributed by atoms with van der Waals surface area (Å²) in [6.07, 6.45) is 1.77. The number of urea groups is 1. The third-order valence-corrected chi connectivity index (χ3v) is 5.56. The summed E-state index contributed by atoms with van der Waals surface area (Å²) in [5.41, 5.74) is 13.0. The highest BCUT2D eigenvalue weighted by Gasteiger charge is 2.35. The maximum atomic E-state index is 11.3. The normalized spacial score (nSPS) is 13.8. The molecule has 6 heteroatoms. The van der Waals surface area contributed by atoms with E-state index in [0.29, 0.717) is 5.88 Å². The number of halogens is 1. The molecule has 3 aromatic rings. The molecule has 1 fully saturated rings. The van der Waals surface area contributed by atoms with Crippen LogP contribution in [0.5, 0.6) is 0 Å². The van der Waals surface area contributed by atoms with Gasteiger partial charge in [-0.05, 0) is 41.7 Å². The maximum Gasteiger partial charge on any atom is 0.374 e. The van der Waals surface area contributed by atoms with Crippen molar-refractivity contribution in [3.63, 3.8) is 0 Å². The molecule has 0 unspecified atom stereocenters. The molecule has 1 aliphatic rings. The van der Waals surface area contributed by atoms with Gasteiger partial charge in [0.15, 0.2) is 0 Å². The van der Waals surface area contributed by atoms with Crippen LogP contribution in [0.1, 0.15) is 29.5 Å². The Morgan fingerprint density at radius 1 is 0.828 bits per heavy atom. The van der Waals surface area contributed by atoms with Crippen LogP contribution in [-0.2, 0) is 5.41 Å². The number of hydrazine groups is 2. The molecule has 0 aromatic heterocycles. The Bertz CT molecular complexity index is 908. The van der Waals surface area contributed by atoms with Crippen molar-refractivity contribution < 1.29 is 4.79 Å². The molecule has 5 nitrogen and oxygen atoms in total. The number of anilines is 1. The van der Waals surface area contributed by atoms with Gasteiger partial charge in [-0.25, -0.2) is 10.2 Å². The average Bonchev–Trinajstić information content (AvgIpc) is 3.22. The molecule has 0 atom stereocenters. The lowest BCUT2D eigenvalue weighted by Gasteiger charge is -2.36. The molecular weight excluding hydrogens is 384 g/mol. The van der Waals surface area contributed by atoms with Gasteiger partial charge in [0.2, 0.25) is 0 Å². The number of nitrogens with zero attached hydrogens (tertiary/aromatic N) is 2. The van der Waals surface area contributed by atoms with E-state index in [-0.39, 0.29) is 5.41 Å². The Balaban J connectivity index is 1.82. The summed E-state index contributed by atoms with van der Waals surface area (Å²) in [5, 5.41) is 1.50. The molecule has 0 spiro atoms. The fourth-order valence-electron chi connectivity index (χ4n) is 3.97. The zero-order valence-corrected chi connectivity index (χ0v) is 16.6. The number of amides is 2. The number of benzene rings is 3. The van der Waals surface area contributed by atoms with Crippen molar-refractivity contribution in [3.05, 3.63) is 102 Å². The van der Waals surface area contributed by atoms with Crippen LogP contribution in [0, 0.1) is 0 Å². The van der Waals surface area contributed by atoms with Gasteiger partial charge in [-0.15, -0.1) is 17.0 Å². The van der Waals surface area contributed by atoms with Crippen molar-refractivity contribution in [3.8, 4) is 0 Å². The van der Waals surface area contributed by atoms with E-state index in [4.69, 9.17) is 11.6 Å². The first kappa shape index (κ1) is 19.3. The van der Waals surface area contributed by atoms with Crippen LogP contribution in [0.25, 0.3) is 0 Å². The van der Waals surface area contributed by atoms with Gasteiger partial charge in [0.25, 0.3) is 0 Å². The minimum atomic E-state index is -0.417. The standard InChI is InChI=1S/C23H22ClN4O/c24-17-7-16-23(18-8-3-1-4-9-18,19-10-5-2-6-11-19)20-12-14-21(15-13-20)28-26-22(29)25-27-28/h1-6,8-15,27H,7,16-17H2,(H,26,29). The first-order valence-corrected chi connectivity index (χ1v) is 10.1. The molecular formula is C23H22ClN4O. The van der Waals surface area contributed by atoms with Gasteiger partial charge in [-0.2, -0.15) is 5.12 Å². The molecule has 0 bridgehead atoms. The first-order valence-electron chi connectivity index (χ1n) is 9.59. The minimum absolute atomic E-state index is 0.317. The van der Waals surface area contributed by atoms with Gasteiger partial charge in [0, 0.05) is 11.3 Å². The number of rotatable bonds is 7. The second-order valence-corrected chi connectivity index (χ2v) is 7.32. The van der Waals surface area contributed by atoms with E-state index in [1.54, 1.807) is 0 Å². The summed E-state index contributed by atoms with van der Waals surface area (Å²) in [6, 6.07) is 28.8. The lowest BCUT2D eigenvalue weighted by Crippen LogP contribution is -2.39. The Hall–Kier alpha value is -3.02. The summed E-state index contributed by atoms with van der Waals surface area (Å²) in [6.45, 7) is 0. The molecule has 1 aliphatic heterocycles. The Kier molecular flexibility index (Phi) is 5.69. The van der Waals surface area contributed by atoms with Crippen molar-refractivity contribution in [2.24, 2.45) is 0 Å². The van der Waals surface area contributed by atoms with Gasteiger partial charge >= 0.3 is 6.03 Å². The molecule has 2 amide bonds. The molecule has 1 heterocycles. The van der Waals surface area contributed by atoms with E-state index in [1.807, 2.05) is 24.3 Å². The molecule has 0 aliphatic carbocycles. The van der Waals surface area contributed by atoms with Crippen molar-refractivity contribution in [1.82, 2.24) is 16.4 Å². The second kappa shape index (κ2) is 8.55. The number of hydrogen-bond donors (Lipinski definition) is 2. The molecule has 147 valence electrons. The van der Waals surface area contributed by atoms with Crippen LogP contribution in [-0.4, -0.2) is 11.9 Å². The molecule has 2 N–H and O–H groups in total. The SMILES string of the molecule is O=C1[N]NN(c2ccc(C(CCCCl)(c3ccccc3)c3ccccc3)cc2)N1. The quantitative estimate of drug-likeness (QED) is 0.449. The van der Waals surface area contributed by atoms with Crippen molar-refractivity contribution in [2.45, 2.75) is 18.3 Å². The smallest absolute Gasteiger partial charge is 0.243 e. The van der Waals surface area contributed by atoms with Crippen molar-refractivity contribution >= 4 is 23.3 Å². The first-order chi connectivity index (χ1) is 14.2. The zero-order valence-electron chi connectivity index (χ0n) is 15.9. The van der Waals surface area contributed by atoms with Crippen molar-refractivity contribution in [2.75, 3.05) is 11.0 Å². The van der Waals surface area contributed by atoms with Gasteiger partial charge in [0.1, 0.15) is 0 Å². The topological polar surface area (TPSA) is 58.5 Å². The van der Waals surface area contributed by atoms with E-state index < -0.39 is 6.03 Å². The number of alkyl halides is 1. The van der Waals surface area contributed by atoms with Crippen molar-refractivity contribution in [1.29, 1.82) is 0 Å². The molecule has 1 saturated heterocycles. The lowest BCUT2D eigenvalue weighted by molar-refractivity contribution is 0.246. The predicted molar refractivity (Wildman–Crippen MR) is 115 cm³/mol. The third-order valence-electron chi connectivity index (χ3n) is 5.30. The van der Waals surface area contributed by atoms with Crippen LogP contribution in [0.2, 0.25) is 0 Å². The Morgan fingerprint density at radius 2 is 1.38 bits per heavy atom. The highest BCUT2D eigenvalue weighted by molar-refractivity contribution is 6.17. The molecule has 29 heavy (non-hydrogen) atoms. The Labute approximate surface area is 175 Å². The number of carbonyl (C=O) groups excluding carboxylic acids is 1. The summed E-state index contributed by atoms with van der Waals surface area (Å²) in [4.78, 5) is 11.3. The second-order valence-electron chi connectivity index (χ2n) is 6.94. The third kappa shape index (κ3) is 3.79. The molecule has 1 radical (unpaired) electrons. The predicted octanol–water partition coefficient (Wildman–Crippen LogP) is 4.51. The summed E-state index contributed by atoms with van der Waals surface area (Å²) in [7, 11) is 0. The lowest BCUT2D eigenvalue weighted by atomic mass is 9.67. The van der Waals surface area contributed by atoms with E-state index >= 15 is 0 Å². The van der Waals surface area contributed by atoms with Crippen LogP contribution in [0.4, 0.5) is 10.5 Å². The minimum Gasteiger partial charge on any atom is -0.243 e. The largest absolute Gasteiger partial charge is 0.374 e. The van der Waals surface area contributed by atoms with E-state index in [2.05, 4.69) is 77.1 Å². The fourth-order valence-corrected chi connectivity index (χ4v) is 4.10. The Morgan fingerprint density at radius 3 is 1.86 bits per heavy atom. The summed E-state index contributed by atoms with van der Waals surface area (Å²) >= 11 is 6.13. The summed E-state index contributed by atoms with van der Waals surface area (Å²) < 4.78 is 0. The maximum absolute atomic E-state index is 11.3. The van der Waals surface area contributed by atoms with Gasteiger partial charge < -0.3 is 0 Å². The number of carbonyl (C=O) groups is 1. The summed E-state index contributed by atoms with van der Waals surface area (Å²) in [5.74, 6) is 0.602. The van der Waals surface area contributed by atoms with Crippen LogP contribution < -0.4 is 21.5 Å². The van der Waals surface area contributed by atoms with Gasteiger partial charge in [-0.3, -0.25) is 0 Å². The molecule has 0 saturated carbocycles. The van der Waals surface area contributed by atoms with Crippen LogP contribution in [0.3, 0.4) is 0 Å². The fraction of sp³-hybridized carbons (Fsp3) is 0.174.